The third kappa shape index (κ3) is 1.38. The summed E-state index contributed by atoms with van der Waals surface area (Å²) in [6.07, 6.45) is 0. The van der Waals surface area contributed by atoms with Crippen molar-refractivity contribution < 1.29 is 0 Å². The third-order valence-corrected chi connectivity index (χ3v) is 3.33. The standard InChI is InChI=1S/C15H11Cl/c1-10-14-5-3-2-4-11(14)8-12-6-7-13(16)9-15(10)12/h2-9H,1H3. The zero-order chi connectivity index (χ0) is 11.1. The summed E-state index contributed by atoms with van der Waals surface area (Å²) in [4.78, 5) is 0. The Morgan fingerprint density at radius 3 is 2.44 bits per heavy atom. The molecule has 0 unspecified atom stereocenters. The van der Waals surface area contributed by atoms with E-state index in [1.165, 1.54) is 27.1 Å². The lowest BCUT2D eigenvalue weighted by Crippen LogP contribution is -1.82. The average Bonchev–Trinajstić information content (AvgIpc) is 2.31. The minimum absolute atomic E-state index is 0.797. The van der Waals surface area contributed by atoms with Crippen LogP contribution in [0, 0.1) is 6.92 Å². The molecule has 0 amide bonds. The molecule has 3 rings (SSSR count). The van der Waals surface area contributed by atoms with Crippen LogP contribution in [0.2, 0.25) is 5.02 Å². The molecule has 78 valence electrons. The molecule has 3 aromatic rings. The summed E-state index contributed by atoms with van der Waals surface area (Å²) in [5, 5.41) is 5.88. The second kappa shape index (κ2) is 3.50. The van der Waals surface area contributed by atoms with Crippen LogP contribution in [0.4, 0.5) is 0 Å². The quantitative estimate of drug-likeness (QED) is 0.476. The third-order valence-electron chi connectivity index (χ3n) is 3.10. The first-order valence-corrected chi connectivity index (χ1v) is 5.71. The van der Waals surface area contributed by atoms with Gasteiger partial charge in [-0.05, 0) is 52.2 Å². The molecule has 0 radical (unpaired) electrons. The first kappa shape index (κ1) is 9.68. The van der Waals surface area contributed by atoms with E-state index >= 15 is 0 Å². The predicted molar refractivity (Wildman–Crippen MR) is 71.2 cm³/mol. The van der Waals surface area contributed by atoms with Gasteiger partial charge in [0.25, 0.3) is 0 Å². The number of aryl methyl sites for hydroxylation is 1. The van der Waals surface area contributed by atoms with Gasteiger partial charge in [0.15, 0.2) is 0 Å². The molecule has 0 aromatic heterocycles. The number of hydrogen-bond acceptors (Lipinski definition) is 0. The molecule has 1 heteroatoms. The molecular formula is C15H11Cl. The van der Waals surface area contributed by atoms with E-state index in [0.717, 1.165) is 5.02 Å². The van der Waals surface area contributed by atoms with E-state index in [1.807, 2.05) is 12.1 Å². The zero-order valence-electron chi connectivity index (χ0n) is 9.00. The Morgan fingerprint density at radius 1 is 0.812 bits per heavy atom. The fourth-order valence-corrected chi connectivity index (χ4v) is 2.43. The Bertz CT molecular complexity index is 683. The first-order chi connectivity index (χ1) is 7.75. The molecule has 0 atom stereocenters. The normalized spacial score (nSPS) is 11.1. The van der Waals surface area contributed by atoms with Crippen LogP contribution in [0.1, 0.15) is 5.56 Å². The maximum Gasteiger partial charge on any atom is 0.0412 e. The molecule has 0 aliphatic heterocycles. The van der Waals surface area contributed by atoms with Gasteiger partial charge in [-0.1, -0.05) is 41.9 Å². The molecule has 3 aromatic carbocycles. The minimum Gasteiger partial charge on any atom is -0.0843 e. The van der Waals surface area contributed by atoms with Crippen molar-refractivity contribution in [1.82, 2.24) is 0 Å². The van der Waals surface area contributed by atoms with Crippen molar-refractivity contribution in [2.45, 2.75) is 6.92 Å². The predicted octanol–water partition coefficient (Wildman–Crippen LogP) is 4.95. The van der Waals surface area contributed by atoms with Crippen molar-refractivity contribution in [3.05, 3.63) is 59.1 Å². The van der Waals surface area contributed by atoms with Gasteiger partial charge in [-0.25, -0.2) is 0 Å². The van der Waals surface area contributed by atoms with Crippen LogP contribution >= 0.6 is 11.6 Å². The lowest BCUT2D eigenvalue weighted by atomic mass is 9.98. The second-order valence-corrected chi connectivity index (χ2v) is 4.52. The number of hydrogen-bond donors (Lipinski definition) is 0. The van der Waals surface area contributed by atoms with E-state index in [1.54, 1.807) is 0 Å². The fraction of sp³-hybridized carbons (Fsp3) is 0.0667. The van der Waals surface area contributed by atoms with Gasteiger partial charge in [0.1, 0.15) is 0 Å². The van der Waals surface area contributed by atoms with E-state index in [2.05, 4.69) is 43.3 Å². The van der Waals surface area contributed by atoms with Gasteiger partial charge >= 0.3 is 0 Å². The van der Waals surface area contributed by atoms with Gasteiger partial charge in [0, 0.05) is 5.02 Å². The molecule has 0 saturated heterocycles. The van der Waals surface area contributed by atoms with Crippen LogP contribution in [0.25, 0.3) is 21.5 Å². The van der Waals surface area contributed by atoms with Crippen LogP contribution in [-0.2, 0) is 0 Å². The Balaban J connectivity index is 2.56. The van der Waals surface area contributed by atoms with Crippen molar-refractivity contribution in [3.63, 3.8) is 0 Å². The Labute approximate surface area is 99.5 Å². The molecule has 0 heterocycles. The average molecular weight is 227 g/mol. The lowest BCUT2D eigenvalue weighted by Gasteiger charge is -2.07. The van der Waals surface area contributed by atoms with Gasteiger partial charge < -0.3 is 0 Å². The topological polar surface area (TPSA) is 0 Å². The fourth-order valence-electron chi connectivity index (χ4n) is 2.26. The summed E-state index contributed by atoms with van der Waals surface area (Å²) >= 11 is 6.04. The summed E-state index contributed by atoms with van der Waals surface area (Å²) in [5.74, 6) is 0. The molecule has 0 fully saturated rings. The molecule has 0 N–H and O–H groups in total. The van der Waals surface area contributed by atoms with Crippen LogP contribution in [-0.4, -0.2) is 0 Å². The summed E-state index contributed by atoms with van der Waals surface area (Å²) in [6.45, 7) is 2.15. The molecule has 0 bridgehead atoms. The van der Waals surface area contributed by atoms with E-state index in [-0.39, 0.29) is 0 Å². The highest BCUT2D eigenvalue weighted by Crippen LogP contribution is 2.29. The number of benzene rings is 3. The largest absolute Gasteiger partial charge is 0.0843 e. The van der Waals surface area contributed by atoms with Crippen LogP contribution in [0.3, 0.4) is 0 Å². The van der Waals surface area contributed by atoms with E-state index < -0.39 is 0 Å². The minimum atomic E-state index is 0.797. The van der Waals surface area contributed by atoms with E-state index in [9.17, 15) is 0 Å². The summed E-state index contributed by atoms with van der Waals surface area (Å²) < 4.78 is 0. The molecule has 0 aliphatic rings. The maximum absolute atomic E-state index is 6.04. The Kier molecular flexibility index (Phi) is 2.12. The van der Waals surface area contributed by atoms with Crippen molar-refractivity contribution >= 4 is 33.1 Å². The number of halogens is 1. The van der Waals surface area contributed by atoms with Gasteiger partial charge in [-0.2, -0.15) is 0 Å². The van der Waals surface area contributed by atoms with E-state index in [4.69, 9.17) is 11.6 Å². The maximum atomic E-state index is 6.04. The highest BCUT2D eigenvalue weighted by molar-refractivity contribution is 6.31. The van der Waals surface area contributed by atoms with Gasteiger partial charge in [-0.15, -0.1) is 0 Å². The molecule has 0 saturated carbocycles. The lowest BCUT2D eigenvalue weighted by molar-refractivity contribution is 1.58. The summed E-state index contributed by atoms with van der Waals surface area (Å²) in [5.41, 5.74) is 1.30. The monoisotopic (exact) mass is 226 g/mol. The number of fused-ring (bicyclic) bond motifs is 2. The summed E-state index contributed by atoms with van der Waals surface area (Å²) in [7, 11) is 0. The van der Waals surface area contributed by atoms with Crippen LogP contribution < -0.4 is 0 Å². The van der Waals surface area contributed by atoms with Gasteiger partial charge in [-0.3, -0.25) is 0 Å². The van der Waals surface area contributed by atoms with Crippen molar-refractivity contribution in [1.29, 1.82) is 0 Å². The SMILES string of the molecule is Cc1c2ccccc2cc2ccc(Cl)cc12. The zero-order valence-corrected chi connectivity index (χ0v) is 9.75. The first-order valence-electron chi connectivity index (χ1n) is 5.33. The van der Waals surface area contributed by atoms with Crippen molar-refractivity contribution in [3.8, 4) is 0 Å². The Morgan fingerprint density at radius 2 is 1.56 bits per heavy atom. The molecule has 0 nitrogen and oxygen atoms in total. The smallest absolute Gasteiger partial charge is 0.0412 e. The van der Waals surface area contributed by atoms with Crippen LogP contribution in [0.15, 0.2) is 48.5 Å². The van der Waals surface area contributed by atoms with Gasteiger partial charge in [0.05, 0.1) is 0 Å². The Hall–Kier alpha value is -1.53. The second-order valence-electron chi connectivity index (χ2n) is 4.09. The van der Waals surface area contributed by atoms with Crippen molar-refractivity contribution in [2.24, 2.45) is 0 Å². The van der Waals surface area contributed by atoms with Gasteiger partial charge in [0.2, 0.25) is 0 Å². The molecule has 0 aliphatic carbocycles. The molecular weight excluding hydrogens is 216 g/mol. The molecule has 0 spiro atoms. The highest BCUT2D eigenvalue weighted by Gasteiger charge is 2.03. The van der Waals surface area contributed by atoms with Crippen LogP contribution in [0.5, 0.6) is 0 Å². The molecule has 16 heavy (non-hydrogen) atoms. The highest BCUT2D eigenvalue weighted by atomic mass is 35.5. The van der Waals surface area contributed by atoms with Crippen molar-refractivity contribution in [2.75, 3.05) is 0 Å². The number of rotatable bonds is 0. The van der Waals surface area contributed by atoms with E-state index in [0.29, 0.717) is 0 Å². The summed E-state index contributed by atoms with van der Waals surface area (Å²) in [6, 6.07) is 16.7.